The van der Waals surface area contributed by atoms with E-state index >= 15 is 0 Å². The Labute approximate surface area is 109 Å². The molecule has 3 N–H and O–H groups in total. The van der Waals surface area contributed by atoms with E-state index in [1.807, 2.05) is 11.8 Å². The topological polar surface area (TPSA) is 68.0 Å². The largest absolute Gasteiger partial charge is 0.384 e. The third-order valence-electron chi connectivity index (χ3n) is 2.59. The Morgan fingerprint density at radius 2 is 2.47 bits per heavy atom. The van der Waals surface area contributed by atoms with Crippen molar-refractivity contribution in [2.24, 2.45) is 0 Å². The number of nitrogens with two attached hydrogens (primary N) is 1. The van der Waals surface area contributed by atoms with Gasteiger partial charge < -0.3 is 11.1 Å². The Hall–Kier alpha value is -0.940. The summed E-state index contributed by atoms with van der Waals surface area (Å²) in [6.45, 7) is 0.698. The highest BCUT2D eigenvalue weighted by Crippen LogP contribution is 2.25. The van der Waals surface area contributed by atoms with E-state index < -0.39 is 0 Å². The number of nitrogens with one attached hydrogen (secondary N) is 1. The molecule has 1 aromatic rings. The zero-order chi connectivity index (χ0) is 12.3. The lowest BCUT2D eigenvalue weighted by Crippen LogP contribution is -2.29. The Morgan fingerprint density at radius 1 is 1.65 bits per heavy atom. The number of hydrogen-bond acceptors (Lipinski definition) is 4. The molecular weight excluding hydrogens is 258 g/mol. The highest BCUT2D eigenvalue weighted by molar-refractivity contribution is 8.00. The number of aromatic nitrogens is 1. The van der Waals surface area contributed by atoms with Crippen LogP contribution in [0, 0.1) is 0 Å². The van der Waals surface area contributed by atoms with Crippen molar-refractivity contribution < 1.29 is 4.79 Å². The lowest BCUT2D eigenvalue weighted by molar-refractivity contribution is 0.0953. The van der Waals surface area contributed by atoms with E-state index in [1.54, 1.807) is 0 Å². The van der Waals surface area contributed by atoms with Crippen molar-refractivity contribution in [1.29, 1.82) is 0 Å². The fraction of sp³-hybridized carbons (Fsp3) is 0.455. The van der Waals surface area contributed by atoms with E-state index in [0.29, 0.717) is 17.4 Å². The van der Waals surface area contributed by atoms with Crippen LogP contribution in [0.2, 0.25) is 5.15 Å². The van der Waals surface area contributed by atoms with Crippen LogP contribution in [0.1, 0.15) is 23.2 Å². The van der Waals surface area contributed by atoms with Crippen molar-refractivity contribution >= 4 is 35.1 Å². The Kier molecular flexibility index (Phi) is 4.12. The zero-order valence-electron chi connectivity index (χ0n) is 9.28. The van der Waals surface area contributed by atoms with Crippen molar-refractivity contribution in [1.82, 2.24) is 10.3 Å². The fourth-order valence-electron chi connectivity index (χ4n) is 1.76. The molecule has 0 aromatic carbocycles. The second-order valence-electron chi connectivity index (χ2n) is 3.95. The van der Waals surface area contributed by atoms with Gasteiger partial charge in [-0.05, 0) is 30.7 Å². The summed E-state index contributed by atoms with van der Waals surface area (Å²) < 4.78 is 0. The lowest BCUT2D eigenvalue weighted by Gasteiger charge is -2.10. The summed E-state index contributed by atoms with van der Waals surface area (Å²) in [5.41, 5.74) is 6.00. The summed E-state index contributed by atoms with van der Waals surface area (Å²) >= 11 is 7.65. The van der Waals surface area contributed by atoms with Gasteiger partial charge in [0.25, 0.3) is 5.91 Å². The molecule has 1 fully saturated rings. The minimum atomic E-state index is -0.145. The zero-order valence-corrected chi connectivity index (χ0v) is 10.9. The van der Waals surface area contributed by atoms with Crippen molar-refractivity contribution in [3.8, 4) is 0 Å². The molecule has 92 valence electrons. The van der Waals surface area contributed by atoms with Gasteiger partial charge in [-0.15, -0.1) is 0 Å². The van der Waals surface area contributed by atoms with Crippen LogP contribution in [0.15, 0.2) is 12.1 Å². The molecule has 1 aromatic heterocycles. The van der Waals surface area contributed by atoms with E-state index in [4.69, 9.17) is 17.3 Å². The van der Waals surface area contributed by atoms with Crippen LogP contribution in [-0.4, -0.2) is 28.4 Å². The first kappa shape index (κ1) is 12.5. The predicted octanol–water partition coefficient (Wildman–Crippen LogP) is 1.94. The van der Waals surface area contributed by atoms with E-state index in [1.165, 1.54) is 30.7 Å². The molecule has 1 aliphatic rings. The summed E-state index contributed by atoms with van der Waals surface area (Å²) in [4.78, 5) is 15.7. The SMILES string of the molecule is Nc1cc(C(=O)NCC2CCCS2)cc(Cl)n1. The molecule has 0 bridgehead atoms. The second kappa shape index (κ2) is 5.60. The number of rotatable bonds is 3. The smallest absolute Gasteiger partial charge is 0.251 e. The number of carbonyl (C=O) groups is 1. The van der Waals surface area contributed by atoms with Crippen molar-refractivity contribution in [3.63, 3.8) is 0 Å². The quantitative estimate of drug-likeness (QED) is 0.825. The van der Waals surface area contributed by atoms with Gasteiger partial charge in [-0.2, -0.15) is 11.8 Å². The van der Waals surface area contributed by atoms with Gasteiger partial charge in [-0.1, -0.05) is 11.6 Å². The Morgan fingerprint density at radius 3 is 3.12 bits per heavy atom. The van der Waals surface area contributed by atoms with Crippen LogP contribution < -0.4 is 11.1 Å². The maximum atomic E-state index is 11.8. The van der Waals surface area contributed by atoms with Gasteiger partial charge in [-0.3, -0.25) is 4.79 Å². The molecule has 17 heavy (non-hydrogen) atoms. The first-order valence-electron chi connectivity index (χ1n) is 5.48. The number of nitrogen functional groups attached to an aromatic ring is 1. The first-order valence-corrected chi connectivity index (χ1v) is 6.90. The summed E-state index contributed by atoms with van der Waals surface area (Å²) in [5.74, 6) is 1.31. The molecule has 2 rings (SSSR count). The molecular formula is C11H14ClN3OS. The number of carbonyl (C=O) groups excluding carboxylic acids is 1. The minimum absolute atomic E-state index is 0.145. The summed E-state index contributed by atoms with van der Waals surface area (Å²) in [5, 5.41) is 3.67. The van der Waals surface area contributed by atoms with Crippen molar-refractivity contribution in [2.75, 3.05) is 18.0 Å². The molecule has 0 radical (unpaired) electrons. The molecule has 1 saturated heterocycles. The van der Waals surface area contributed by atoms with Crippen LogP contribution >= 0.6 is 23.4 Å². The first-order chi connectivity index (χ1) is 8.15. The van der Waals surface area contributed by atoms with Crippen LogP contribution in [0.3, 0.4) is 0 Å². The maximum absolute atomic E-state index is 11.8. The highest BCUT2D eigenvalue weighted by atomic mass is 35.5. The molecule has 1 atom stereocenters. The molecule has 6 heteroatoms. The van der Waals surface area contributed by atoms with Crippen molar-refractivity contribution in [3.05, 3.63) is 22.8 Å². The van der Waals surface area contributed by atoms with E-state index in [0.717, 1.165) is 0 Å². The third kappa shape index (κ3) is 3.51. The summed E-state index contributed by atoms with van der Waals surface area (Å²) in [6.07, 6.45) is 2.41. The van der Waals surface area contributed by atoms with Crippen LogP contribution in [-0.2, 0) is 0 Å². The molecule has 1 unspecified atom stereocenters. The maximum Gasteiger partial charge on any atom is 0.251 e. The van der Waals surface area contributed by atoms with Crippen LogP contribution in [0.25, 0.3) is 0 Å². The standard InChI is InChI=1S/C11H14ClN3OS/c12-9-4-7(5-10(13)15-9)11(16)14-6-8-2-1-3-17-8/h4-5,8H,1-3,6H2,(H2,13,15)(H,14,16). The minimum Gasteiger partial charge on any atom is -0.384 e. The van der Waals surface area contributed by atoms with Gasteiger partial charge in [0.15, 0.2) is 0 Å². The van der Waals surface area contributed by atoms with Gasteiger partial charge in [0.1, 0.15) is 11.0 Å². The third-order valence-corrected chi connectivity index (χ3v) is 4.18. The van der Waals surface area contributed by atoms with Crippen LogP contribution in [0.4, 0.5) is 5.82 Å². The Bertz CT molecular complexity index is 401. The van der Waals surface area contributed by atoms with Crippen molar-refractivity contribution in [2.45, 2.75) is 18.1 Å². The number of anilines is 1. The summed E-state index contributed by atoms with van der Waals surface area (Å²) in [7, 11) is 0. The normalized spacial score (nSPS) is 19.2. The molecule has 4 nitrogen and oxygen atoms in total. The molecule has 0 aliphatic carbocycles. The summed E-state index contributed by atoms with van der Waals surface area (Å²) in [6, 6.07) is 3.05. The molecule has 2 heterocycles. The van der Waals surface area contributed by atoms with Gasteiger partial charge >= 0.3 is 0 Å². The van der Waals surface area contributed by atoms with Gasteiger partial charge in [-0.25, -0.2) is 4.98 Å². The van der Waals surface area contributed by atoms with E-state index in [2.05, 4.69) is 10.3 Å². The predicted molar refractivity (Wildman–Crippen MR) is 71.5 cm³/mol. The van der Waals surface area contributed by atoms with Gasteiger partial charge in [0.2, 0.25) is 0 Å². The van der Waals surface area contributed by atoms with Gasteiger partial charge in [0.05, 0.1) is 0 Å². The number of halogens is 1. The molecule has 0 spiro atoms. The number of nitrogens with zero attached hydrogens (tertiary/aromatic N) is 1. The average Bonchev–Trinajstić information content (AvgIpc) is 2.77. The molecule has 1 aliphatic heterocycles. The van der Waals surface area contributed by atoms with E-state index in [-0.39, 0.29) is 16.9 Å². The number of hydrogen-bond donors (Lipinski definition) is 2. The monoisotopic (exact) mass is 271 g/mol. The molecule has 1 amide bonds. The molecule has 0 saturated carbocycles. The van der Waals surface area contributed by atoms with E-state index in [9.17, 15) is 4.79 Å². The number of pyridine rings is 1. The number of thioether (sulfide) groups is 1. The van der Waals surface area contributed by atoms with Gasteiger partial charge in [0, 0.05) is 17.4 Å². The average molecular weight is 272 g/mol. The number of amides is 1. The lowest BCUT2D eigenvalue weighted by atomic mass is 10.2. The van der Waals surface area contributed by atoms with Crippen LogP contribution in [0.5, 0.6) is 0 Å². The Balaban J connectivity index is 1.94. The highest BCUT2D eigenvalue weighted by Gasteiger charge is 2.17. The fourth-order valence-corrected chi connectivity index (χ4v) is 3.18. The second-order valence-corrected chi connectivity index (χ2v) is 5.74.